The molecular formula is C38H39F2N7O4. The van der Waals surface area contributed by atoms with Crippen LogP contribution < -0.4 is 16.5 Å². The first-order valence-electron chi connectivity index (χ1n) is 16.6. The third-order valence-electron chi connectivity index (χ3n) is 8.62. The lowest BCUT2D eigenvalue weighted by Crippen LogP contribution is -2.42. The summed E-state index contributed by atoms with van der Waals surface area (Å²) in [4.78, 5) is 45.3. The van der Waals surface area contributed by atoms with Crippen LogP contribution in [0.25, 0.3) is 33.4 Å². The largest absolute Gasteiger partial charge is 0.444 e. The molecule has 0 unspecified atom stereocenters. The summed E-state index contributed by atoms with van der Waals surface area (Å²) in [5.74, 6) is -0.811. The van der Waals surface area contributed by atoms with Crippen molar-refractivity contribution in [3.05, 3.63) is 107 Å². The molecule has 1 saturated heterocycles. The van der Waals surface area contributed by atoms with Crippen LogP contribution in [-0.4, -0.2) is 61.6 Å². The van der Waals surface area contributed by atoms with Gasteiger partial charge in [-0.1, -0.05) is 24.3 Å². The van der Waals surface area contributed by atoms with Crippen molar-refractivity contribution in [3.8, 4) is 33.4 Å². The molecule has 5 aromatic rings. The number of halogens is 2. The summed E-state index contributed by atoms with van der Waals surface area (Å²) in [6, 6.07) is 14.3. The average Bonchev–Trinajstić information content (AvgIpc) is 3.60. The number of piperidine rings is 1. The third kappa shape index (κ3) is 8.14. The van der Waals surface area contributed by atoms with E-state index in [9.17, 15) is 23.2 Å². The molecule has 13 heteroatoms. The number of nitrogens with one attached hydrogen (secondary N) is 1. The van der Waals surface area contributed by atoms with Gasteiger partial charge in [0.05, 0.1) is 18.8 Å². The molecule has 4 heterocycles. The molecule has 6 rings (SSSR count). The van der Waals surface area contributed by atoms with Gasteiger partial charge in [0.1, 0.15) is 29.5 Å². The number of aryl methyl sites for hydroxylation is 1. The zero-order valence-corrected chi connectivity index (χ0v) is 28.6. The maximum absolute atomic E-state index is 13.5. The Bertz CT molecular complexity index is 2100. The third-order valence-corrected chi connectivity index (χ3v) is 8.62. The van der Waals surface area contributed by atoms with Crippen molar-refractivity contribution in [2.24, 2.45) is 0 Å². The van der Waals surface area contributed by atoms with Crippen molar-refractivity contribution in [1.29, 1.82) is 0 Å². The fraction of sp³-hybridized carbons (Fsp3) is 0.289. The second-order valence-electron chi connectivity index (χ2n) is 13.4. The van der Waals surface area contributed by atoms with Crippen LogP contribution in [0.4, 0.5) is 25.1 Å². The van der Waals surface area contributed by atoms with Crippen LogP contribution in [0.3, 0.4) is 0 Å². The zero-order valence-electron chi connectivity index (χ0n) is 28.6. The van der Waals surface area contributed by atoms with Gasteiger partial charge in [-0.25, -0.2) is 18.6 Å². The topological polar surface area (TPSA) is 137 Å². The van der Waals surface area contributed by atoms with Gasteiger partial charge in [0.15, 0.2) is 0 Å². The minimum Gasteiger partial charge on any atom is -0.444 e. The first-order chi connectivity index (χ1) is 24.4. The van der Waals surface area contributed by atoms with Gasteiger partial charge in [0.25, 0.3) is 5.91 Å². The smallest absolute Gasteiger partial charge is 0.410 e. The van der Waals surface area contributed by atoms with Gasteiger partial charge in [-0.2, -0.15) is 5.10 Å². The zero-order chi connectivity index (χ0) is 36.3. The molecule has 2 amide bonds. The number of rotatable bonds is 8. The second kappa shape index (κ2) is 14.6. The Balaban J connectivity index is 1.15. The van der Waals surface area contributed by atoms with Crippen LogP contribution in [0.5, 0.6) is 0 Å². The van der Waals surface area contributed by atoms with Crippen molar-refractivity contribution >= 4 is 23.5 Å². The van der Waals surface area contributed by atoms with E-state index >= 15 is 0 Å². The van der Waals surface area contributed by atoms with E-state index in [1.165, 1.54) is 41.2 Å². The number of hydrogen-bond donors (Lipinski definition) is 2. The first kappa shape index (κ1) is 35.0. The van der Waals surface area contributed by atoms with E-state index in [0.717, 1.165) is 29.5 Å². The molecule has 0 radical (unpaired) electrons. The Morgan fingerprint density at radius 3 is 2.25 bits per heavy atom. The molecule has 264 valence electrons. The molecule has 0 aliphatic carbocycles. The summed E-state index contributed by atoms with van der Waals surface area (Å²) in [6.45, 7) is 5.97. The van der Waals surface area contributed by atoms with Crippen LogP contribution in [-0.2, 0) is 11.3 Å². The number of pyridine rings is 2. The summed E-state index contributed by atoms with van der Waals surface area (Å²) in [6.07, 6.45) is 9.41. The molecule has 51 heavy (non-hydrogen) atoms. The highest BCUT2D eigenvalue weighted by Gasteiger charge is 2.28. The van der Waals surface area contributed by atoms with Gasteiger partial charge in [0.2, 0.25) is 5.43 Å². The summed E-state index contributed by atoms with van der Waals surface area (Å²) >= 11 is 0. The van der Waals surface area contributed by atoms with Gasteiger partial charge in [-0.3, -0.25) is 14.3 Å². The van der Waals surface area contributed by atoms with E-state index in [1.807, 2.05) is 37.7 Å². The normalized spacial score (nSPS) is 13.6. The highest BCUT2D eigenvalue weighted by atomic mass is 19.1. The summed E-state index contributed by atoms with van der Waals surface area (Å²) in [7, 11) is 0. The van der Waals surface area contributed by atoms with Crippen molar-refractivity contribution < 1.29 is 23.1 Å². The lowest BCUT2D eigenvalue weighted by molar-refractivity contribution is 0.0184. The van der Waals surface area contributed by atoms with Gasteiger partial charge >= 0.3 is 6.09 Å². The number of nitrogens with zero attached hydrogens (tertiary/aromatic N) is 5. The molecule has 0 spiro atoms. The number of likely N-dealkylation sites (tertiary alicyclic amines) is 1. The summed E-state index contributed by atoms with van der Waals surface area (Å²) in [5, 5.41) is 7.35. The predicted octanol–water partition coefficient (Wildman–Crippen LogP) is 6.96. The first-order valence-corrected chi connectivity index (χ1v) is 16.6. The molecule has 11 nitrogen and oxygen atoms in total. The predicted molar refractivity (Wildman–Crippen MR) is 191 cm³/mol. The minimum absolute atomic E-state index is 0.0616. The van der Waals surface area contributed by atoms with Crippen molar-refractivity contribution in [2.45, 2.75) is 51.8 Å². The highest BCUT2D eigenvalue weighted by molar-refractivity contribution is 6.04. The van der Waals surface area contributed by atoms with Crippen LogP contribution >= 0.6 is 0 Å². The van der Waals surface area contributed by atoms with Crippen LogP contribution in [0.1, 0.15) is 50.0 Å². The van der Waals surface area contributed by atoms with Crippen molar-refractivity contribution in [2.75, 3.05) is 30.8 Å². The minimum atomic E-state index is -0.702. The van der Waals surface area contributed by atoms with Gasteiger partial charge < -0.3 is 25.3 Å². The summed E-state index contributed by atoms with van der Waals surface area (Å²) in [5.41, 5.74) is 9.13. The average molecular weight is 696 g/mol. The van der Waals surface area contributed by atoms with Gasteiger partial charge in [0, 0.05) is 65.8 Å². The highest BCUT2D eigenvalue weighted by Crippen LogP contribution is 2.32. The summed E-state index contributed by atoms with van der Waals surface area (Å²) < 4.78 is 35.6. The fourth-order valence-corrected chi connectivity index (χ4v) is 5.98. The van der Waals surface area contributed by atoms with Crippen LogP contribution in [0, 0.1) is 5.82 Å². The maximum Gasteiger partial charge on any atom is 0.410 e. The number of carbonyl (C=O) groups excluding carboxylic acids is 2. The molecule has 1 aliphatic heterocycles. The van der Waals surface area contributed by atoms with E-state index in [-0.39, 0.29) is 29.8 Å². The van der Waals surface area contributed by atoms with Gasteiger partial charge in [-0.05, 0) is 75.1 Å². The number of alkyl halides is 1. The number of benzene rings is 2. The molecule has 2 aromatic carbocycles. The Kier molecular flexibility index (Phi) is 9.99. The van der Waals surface area contributed by atoms with Gasteiger partial charge in [-0.15, -0.1) is 0 Å². The van der Waals surface area contributed by atoms with E-state index < -0.39 is 29.4 Å². The van der Waals surface area contributed by atoms with Crippen LogP contribution in [0.2, 0.25) is 0 Å². The molecule has 0 saturated carbocycles. The van der Waals surface area contributed by atoms with E-state index in [4.69, 9.17) is 10.5 Å². The van der Waals surface area contributed by atoms with Crippen molar-refractivity contribution in [1.82, 2.24) is 24.2 Å². The SMILES string of the molecule is CC(C)(C)OC(=O)N1CCC(n2cc(-c3cnc(N)c(-c4ccc(NC(=O)c5cn(CCF)cc(-c6ccc(F)cc6)c5=O)cc4)c3)cn2)CC1. The number of nitrogen functional groups attached to an aromatic ring is 1. The molecule has 3 N–H and O–H groups in total. The Morgan fingerprint density at radius 1 is 0.922 bits per heavy atom. The lowest BCUT2D eigenvalue weighted by Gasteiger charge is -2.33. The monoisotopic (exact) mass is 695 g/mol. The van der Waals surface area contributed by atoms with E-state index in [0.29, 0.717) is 35.7 Å². The van der Waals surface area contributed by atoms with Crippen LogP contribution in [0.15, 0.2) is 90.4 Å². The Morgan fingerprint density at radius 2 is 1.59 bits per heavy atom. The number of anilines is 2. The lowest BCUT2D eigenvalue weighted by atomic mass is 10.0. The molecule has 0 bridgehead atoms. The quantitative estimate of drug-likeness (QED) is 0.179. The number of aromatic nitrogens is 4. The Labute approximate surface area is 293 Å². The maximum atomic E-state index is 13.5. The molecule has 0 atom stereocenters. The fourth-order valence-electron chi connectivity index (χ4n) is 5.98. The molecular weight excluding hydrogens is 656 g/mol. The molecule has 1 fully saturated rings. The van der Waals surface area contributed by atoms with E-state index in [1.54, 1.807) is 41.6 Å². The number of nitrogens with two attached hydrogens (primary N) is 1. The Hall–Kier alpha value is -5.85. The van der Waals surface area contributed by atoms with Crippen molar-refractivity contribution in [3.63, 3.8) is 0 Å². The number of amides is 2. The second-order valence-corrected chi connectivity index (χ2v) is 13.4. The number of carbonyl (C=O) groups is 2. The number of hydrogen-bond acceptors (Lipinski definition) is 7. The molecule has 1 aliphatic rings. The molecule has 3 aromatic heterocycles. The van der Waals surface area contributed by atoms with E-state index in [2.05, 4.69) is 15.4 Å². The standard InChI is InChI=1S/C38H39F2N7O4/c1-38(2,3)51-37(50)46-15-12-30(13-16-46)47-21-27(20-43-47)26-18-31(35(41)42-19-26)24-6-10-29(11-7-24)44-36(49)33-23-45(17-14-39)22-32(34(33)48)25-4-8-28(40)9-5-25/h4-11,18-23,30H,12-17H2,1-3H3,(H2,41,42)(H,44,49). The number of ether oxygens (including phenoxy) is 1.